The minimum Gasteiger partial charge on any atom is -0.399 e. The van der Waals surface area contributed by atoms with Crippen LogP contribution in [0.25, 0.3) is 17.1 Å². The van der Waals surface area contributed by atoms with E-state index < -0.39 is 0 Å². The molecule has 0 saturated heterocycles. The zero-order chi connectivity index (χ0) is 13.2. The summed E-state index contributed by atoms with van der Waals surface area (Å²) in [6.45, 7) is 0. The minimum absolute atomic E-state index is 0.655. The summed E-state index contributed by atoms with van der Waals surface area (Å²) in [5.74, 6) is 0.655. The molecule has 94 valence electrons. The largest absolute Gasteiger partial charge is 0.399 e. The van der Waals surface area contributed by atoms with E-state index in [0.717, 1.165) is 11.3 Å². The third kappa shape index (κ3) is 2.28. The number of nitrogen functional groups attached to an aromatic ring is 1. The Morgan fingerprint density at radius 3 is 2.32 bits per heavy atom. The summed E-state index contributed by atoms with van der Waals surface area (Å²) in [5, 5.41) is 12.4. The lowest BCUT2D eigenvalue weighted by Crippen LogP contribution is -1.99. The molecule has 19 heavy (non-hydrogen) atoms. The van der Waals surface area contributed by atoms with Crippen LogP contribution in [0.2, 0.25) is 5.02 Å². The van der Waals surface area contributed by atoms with Gasteiger partial charge in [0.15, 0.2) is 5.82 Å². The molecule has 3 rings (SSSR count). The van der Waals surface area contributed by atoms with Gasteiger partial charge in [0.25, 0.3) is 0 Å². The van der Waals surface area contributed by atoms with E-state index in [-0.39, 0.29) is 0 Å². The summed E-state index contributed by atoms with van der Waals surface area (Å²) in [4.78, 5) is 0. The lowest BCUT2D eigenvalue weighted by Gasteiger charge is -2.04. The van der Waals surface area contributed by atoms with E-state index in [1.807, 2.05) is 36.4 Å². The van der Waals surface area contributed by atoms with Crippen LogP contribution in [0.4, 0.5) is 5.69 Å². The zero-order valence-electron chi connectivity index (χ0n) is 9.86. The van der Waals surface area contributed by atoms with Crippen LogP contribution in [0.5, 0.6) is 0 Å². The summed E-state index contributed by atoms with van der Waals surface area (Å²) in [7, 11) is 0. The predicted octanol–water partition coefficient (Wildman–Crippen LogP) is 2.56. The standard InChI is InChI=1S/C13H10ClN5/c14-10-3-7-12(8-4-10)19-13(16-17-18-19)9-1-5-11(15)6-2-9/h1-8H,15H2. The summed E-state index contributed by atoms with van der Waals surface area (Å²) in [5.41, 5.74) is 8.12. The van der Waals surface area contributed by atoms with Gasteiger partial charge in [0.1, 0.15) is 0 Å². The highest BCUT2D eigenvalue weighted by Gasteiger charge is 2.10. The molecule has 0 amide bonds. The summed E-state index contributed by atoms with van der Waals surface area (Å²) in [6.07, 6.45) is 0. The Kier molecular flexibility index (Phi) is 2.89. The zero-order valence-corrected chi connectivity index (χ0v) is 10.6. The molecule has 2 aromatic carbocycles. The molecule has 2 N–H and O–H groups in total. The van der Waals surface area contributed by atoms with Crippen LogP contribution in [0.1, 0.15) is 0 Å². The van der Waals surface area contributed by atoms with Crippen LogP contribution >= 0.6 is 11.6 Å². The van der Waals surface area contributed by atoms with Crippen LogP contribution in [0, 0.1) is 0 Å². The average Bonchev–Trinajstić information content (AvgIpc) is 2.90. The van der Waals surface area contributed by atoms with Crippen LogP contribution in [0.3, 0.4) is 0 Å². The number of rotatable bonds is 2. The van der Waals surface area contributed by atoms with Gasteiger partial charge in [0.05, 0.1) is 5.69 Å². The Morgan fingerprint density at radius 2 is 1.63 bits per heavy atom. The van der Waals surface area contributed by atoms with Crippen molar-refractivity contribution in [1.82, 2.24) is 20.2 Å². The maximum Gasteiger partial charge on any atom is 0.187 e. The van der Waals surface area contributed by atoms with Gasteiger partial charge in [-0.25, -0.2) is 0 Å². The lowest BCUT2D eigenvalue weighted by molar-refractivity contribution is 0.791. The molecule has 0 aliphatic heterocycles. The number of halogens is 1. The summed E-state index contributed by atoms with van der Waals surface area (Å²) in [6, 6.07) is 14.7. The first-order valence-corrected chi connectivity index (χ1v) is 6.02. The monoisotopic (exact) mass is 271 g/mol. The smallest absolute Gasteiger partial charge is 0.187 e. The Morgan fingerprint density at radius 1 is 0.947 bits per heavy atom. The molecule has 6 heteroatoms. The molecule has 0 spiro atoms. The van der Waals surface area contributed by atoms with Crippen LogP contribution in [0.15, 0.2) is 48.5 Å². The second kappa shape index (κ2) is 4.70. The fourth-order valence-corrected chi connectivity index (χ4v) is 1.88. The van der Waals surface area contributed by atoms with Crippen molar-refractivity contribution in [2.24, 2.45) is 0 Å². The van der Waals surface area contributed by atoms with Gasteiger partial charge < -0.3 is 5.73 Å². The number of anilines is 1. The van der Waals surface area contributed by atoms with Gasteiger partial charge in [-0.05, 0) is 59.0 Å². The second-order valence-electron chi connectivity index (χ2n) is 4.01. The quantitative estimate of drug-likeness (QED) is 0.727. The highest BCUT2D eigenvalue weighted by molar-refractivity contribution is 6.30. The molecule has 0 bridgehead atoms. The Bertz CT molecular complexity index is 628. The van der Waals surface area contributed by atoms with Gasteiger partial charge in [0, 0.05) is 16.3 Å². The molecule has 5 nitrogen and oxygen atoms in total. The molecule has 0 radical (unpaired) electrons. The van der Waals surface area contributed by atoms with Gasteiger partial charge >= 0.3 is 0 Å². The SMILES string of the molecule is Nc1ccc(-c2nnnn2-c2ccc(Cl)cc2)cc1. The number of benzene rings is 2. The van der Waals surface area contributed by atoms with E-state index in [2.05, 4.69) is 15.5 Å². The molecule has 0 atom stereocenters. The first-order valence-electron chi connectivity index (χ1n) is 5.64. The van der Waals surface area contributed by atoms with Crippen molar-refractivity contribution in [3.8, 4) is 17.1 Å². The first-order chi connectivity index (χ1) is 9.24. The van der Waals surface area contributed by atoms with Crippen molar-refractivity contribution in [2.45, 2.75) is 0 Å². The van der Waals surface area contributed by atoms with E-state index in [4.69, 9.17) is 17.3 Å². The van der Waals surface area contributed by atoms with Gasteiger partial charge in [0.2, 0.25) is 0 Å². The number of hydrogen-bond donors (Lipinski definition) is 1. The molecular weight excluding hydrogens is 262 g/mol. The van der Waals surface area contributed by atoms with Crippen molar-refractivity contribution < 1.29 is 0 Å². The molecule has 0 aliphatic rings. The van der Waals surface area contributed by atoms with Crippen molar-refractivity contribution in [3.63, 3.8) is 0 Å². The molecular formula is C13H10ClN5. The van der Waals surface area contributed by atoms with Crippen LogP contribution < -0.4 is 5.73 Å². The van der Waals surface area contributed by atoms with Gasteiger partial charge in [-0.2, -0.15) is 4.68 Å². The molecule has 0 fully saturated rings. The fraction of sp³-hybridized carbons (Fsp3) is 0. The van der Waals surface area contributed by atoms with E-state index >= 15 is 0 Å². The van der Waals surface area contributed by atoms with E-state index in [1.165, 1.54) is 0 Å². The van der Waals surface area contributed by atoms with Crippen LogP contribution in [-0.4, -0.2) is 20.2 Å². The Labute approximate surface area is 114 Å². The van der Waals surface area contributed by atoms with Crippen molar-refractivity contribution >= 4 is 17.3 Å². The number of aromatic nitrogens is 4. The van der Waals surface area contributed by atoms with Crippen molar-refractivity contribution in [3.05, 3.63) is 53.6 Å². The van der Waals surface area contributed by atoms with Crippen molar-refractivity contribution in [2.75, 3.05) is 5.73 Å². The normalized spacial score (nSPS) is 10.6. The summed E-state index contributed by atoms with van der Waals surface area (Å²) >= 11 is 5.87. The van der Waals surface area contributed by atoms with E-state index in [9.17, 15) is 0 Å². The lowest BCUT2D eigenvalue weighted by atomic mass is 10.2. The van der Waals surface area contributed by atoms with E-state index in [1.54, 1.807) is 16.8 Å². The average molecular weight is 272 g/mol. The second-order valence-corrected chi connectivity index (χ2v) is 4.45. The Balaban J connectivity index is 2.07. The Hall–Kier alpha value is -2.40. The van der Waals surface area contributed by atoms with Gasteiger partial charge in [-0.3, -0.25) is 0 Å². The number of nitrogens with zero attached hydrogens (tertiary/aromatic N) is 4. The number of nitrogens with two attached hydrogens (primary N) is 1. The fourth-order valence-electron chi connectivity index (χ4n) is 1.76. The first kappa shape index (κ1) is 11.7. The number of hydrogen-bond acceptors (Lipinski definition) is 4. The maximum atomic E-state index is 5.87. The van der Waals surface area contributed by atoms with E-state index in [0.29, 0.717) is 16.5 Å². The highest BCUT2D eigenvalue weighted by Crippen LogP contribution is 2.21. The summed E-state index contributed by atoms with van der Waals surface area (Å²) < 4.78 is 1.65. The molecule has 0 unspecified atom stereocenters. The van der Waals surface area contributed by atoms with Gasteiger partial charge in [-0.1, -0.05) is 11.6 Å². The molecule has 1 aromatic heterocycles. The maximum absolute atomic E-state index is 5.87. The topological polar surface area (TPSA) is 69.6 Å². The molecule has 0 saturated carbocycles. The molecule has 0 aliphatic carbocycles. The molecule has 1 heterocycles. The third-order valence-electron chi connectivity index (χ3n) is 2.71. The van der Waals surface area contributed by atoms with Gasteiger partial charge in [-0.15, -0.1) is 5.10 Å². The minimum atomic E-state index is 0.655. The van der Waals surface area contributed by atoms with Crippen molar-refractivity contribution in [1.29, 1.82) is 0 Å². The van der Waals surface area contributed by atoms with Crippen LogP contribution in [-0.2, 0) is 0 Å². The number of tetrazole rings is 1. The molecule has 3 aromatic rings. The third-order valence-corrected chi connectivity index (χ3v) is 2.96. The highest BCUT2D eigenvalue weighted by atomic mass is 35.5. The predicted molar refractivity (Wildman–Crippen MR) is 74.0 cm³/mol.